The number of phosphoric ester groups is 1. The molecule has 0 amide bonds. The molecule has 0 aliphatic heterocycles. The molecule has 1 atom stereocenters. The van der Waals surface area contributed by atoms with E-state index in [4.69, 9.17) is 18.3 Å². The first-order valence-corrected chi connectivity index (χ1v) is 8.93. The van der Waals surface area contributed by atoms with E-state index in [0.29, 0.717) is 19.6 Å². The van der Waals surface area contributed by atoms with Crippen LogP contribution in [0.1, 0.15) is 47.0 Å². The lowest BCUT2D eigenvalue weighted by molar-refractivity contribution is -0.140. The van der Waals surface area contributed by atoms with Gasteiger partial charge >= 0.3 is 13.8 Å². The Balaban J connectivity index is 4.28. The van der Waals surface area contributed by atoms with Crippen molar-refractivity contribution in [3.05, 3.63) is 0 Å². The number of esters is 1. The first-order chi connectivity index (χ1) is 10.2. The van der Waals surface area contributed by atoms with Crippen molar-refractivity contribution in [1.82, 2.24) is 0 Å². The lowest BCUT2D eigenvalue weighted by Gasteiger charge is -2.26. The molecule has 7 nitrogen and oxygen atoms in total. The number of hydrogen-bond donors (Lipinski definition) is 0. The Morgan fingerprint density at radius 3 is 2.23 bits per heavy atom. The molecule has 8 heteroatoms. The number of rotatable bonds is 12. The molecule has 0 radical (unpaired) electrons. The van der Waals surface area contributed by atoms with Crippen LogP contribution in [0, 0.1) is 0 Å². The Morgan fingerprint density at radius 2 is 1.68 bits per heavy atom. The van der Waals surface area contributed by atoms with Gasteiger partial charge in [0, 0.05) is 13.0 Å². The second kappa shape index (κ2) is 11.1. The van der Waals surface area contributed by atoms with Crippen LogP contribution < -0.4 is 0 Å². The van der Waals surface area contributed by atoms with Crippen LogP contribution in [0.25, 0.3) is 0 Å². The standard InChI is InChI=1S/C14H29O7P/c1-6-9-18-11-12-20-22(16,21-14(2,3)4)19-10-7-8-13(15)17-5/h6-12H2,1-5H3. The predicted molar refractivity (Wildman–Crippen MR) is 82.7 cm³/mol. The molecular formula is C14H29O7P. The molecule has 0 saturated carbocycles. The summed E-state index contributed by atoms with van der Waals surface area (Å²) < 4.78 is 38.2. The lowest BCUT2D eigenvalue weighted by Crippen LogP contribution is -2.20. The summed E-state index contributed by atoms with van der Waals surface area (Å²) in [6.07, 6.45) is 1.46. The number of hydrogen-bond acceptors (Lipinski definition) is 7. The average molecular weight is 340 g/mol. The molecule has 0 fully saturated rings. The second-order valence-electron chi connectivity index (χ2n) is 5.61. The predicted octanol–water partition coefficient (Wildman–Crippen LogP) is 3.32. The number of phosphoric acid groups is 1. The Kier molecular flexibility index (Phi) is 10.9. The molecule has 0 rings (SSSR count). The van der Waals surface area contributed by atoms with Gasteiger partial charge in [-0.3, -0.25) is 18.4 Å². The minimum atomic E-state index is -3.69. The normalized spacial score (nSPS) is 14.6. The largest absolute Gasteiger partial charge is 0.475 e. The van der Waals surface area contributed by atoms with Gasteiger partial charge in [-0.1, -0.05) is 6.92 Å². The Bertz CT molecular complexity index is 352. The van der Waals surface area contributed by atoms with Gasteiger partial charge in [-0.2, -0.15) is 0 Å². The van der Waals surface area contributed by atoms with Crippen LogP contribution in [0.15, 0.2) is 0 Å². The maximum Gasteiger partial charge on any atom is 0.475 e. The molecule has 0 aromatic rings. The monoisotopic (exact) mass is 340 g/mol. The van der Waals surface area contributed by atoms with E-state index in [0.717, 1.165) is 6.42 Å². The molecule has 132 valence electrons. The first-order valence-electron chi connectivity index (χ1n) is 7.47. The summed E-state index contributed by atoms with van der Waals surface area (Å²) in [7, 11) is -2.37. The lowest BCUT2D eigenvalue weighted by atomic mass is 10.2. The van der Waals surface area contributed by atoms with Crippen molar-refractivity contribution in [1.29, 1.82) is 0 Å². The van der Waals surface area contributed by atoms with Crippen LogP contribution in [0.5, 0.6) is 0 Å². The molecule has 0 spiro atoms. The molecule has 0 N–H and O–H groups in total. The van der Waals surface area contributed by atoms with Crippen LogP contribution in [0.2, 0.25) is 0 Å². The summed E-state index contributed by atoms with van der Waals surface area (Å²) >= 11 is 0. The van der Waals surface area contributed by atoms with E-state index < -0.39 is 13.4 Å². The van der Waals surface area contributed by atoms with Crippen LogP contribution in [0.4, 0.5) is 0 Å². The van der Waals surface area contributed by atoms with Gasteiger partial charge < -0.3 is 9.47 Å². The van der Waals surface area contributed by atoms with Crippen molar-refractivity contribution < 1.29 is 32.4 Å². The molecule has 0 saturated heterocycles. The minimum Gasteiger partial charge on any atom is -0.469 e. The van der Waals surface area contributed by atoms with E-state index in [1.807, 2.05) is 6.92 Å². The summed E-state index contributed by atoms with van der Waals surface area (Å²) in [6.45, 7) is 8.41. The third kappa shape index (κ3) is 12.1. The summed E-state index contributed by atoms with van der Waals surface area (Å²) in [4.78, 5) is 11.0. The van der Waals surface area contributed by atoms with E-state index in [-0.39, 0.29) is 25.6 Å². The summed E-state index contributed by atoms with van der Waals surface area (Å²) in [6, 6.07) is 0. The molecule has 1 unspecified atom stereocenters. The summed E-state index contributed by atoms with van der Waals surface area (Å²) in [5.74, 6) is -0.343. The van der Waals surface area contributed by atoms with Crippen molar-refractivity contribution in [2.24, 2.45) is 0 Å². The molecule has 22 heavy (non-hydrogen) atoms. The number of methoxy groups -OCH3 is 1. The highest BCUT2D eigenvalue weighted by Crippen LogP contribution is 2.52. The van der Waals surface area contributed by atoms with Crippen LogP contribution in [-0.4, -0.2) is 45.1 Å². The highest BCUT2D eigenvalue weighted by molar-refractivity contribution is 7.48. The highest BCUT2D eigenvalue weighted by Gasteiger charge is 2.32. The van der Waals surface area contributed by atoms with Gasteiger partial charge in [-0.15, -0.1) is 0 Å². The molecule has 0 aromatic carbocycles. The van der Waals surface area contributed by atoms with E-state index in [9.17, 15) is 9.36 Å². The van der Waals surface area contributed by atoms with E-state index in [1.54, 1.807) is 20.8 Å². The maximum absolute atomic E-state index is 12.5. The molecule has 0 bridgehead atoms. The van der Waals surface area contributed by atoms with Crippen LogP contribution >= 0.6 is 7.82 Å². The van der Waals surface area contributed by atoms with Gasteiger partial charge in [0.25, 0.3) is 0 Å². The Morgan fingerprint density at radius 1 is 1.05 bits per heavy atom. The SMILES string of the molecule is CCCOCCOP(=O)(OCCCC(=O)OC)OC(C)(C)C. The maximum atomic E-state index is 12.5. The van der Waals surface area contributed by atoms with Gasteiger partial charge in [0.2, 0.25) is 0 Å². The Hall–Kier alpha value is -0.460. The summed E-state index contributed by atoms with van der Waals surface area (Å²) in [5, 5.41) is 0. The van der Waals surface area contributed by atoms with Gasteiger partial charge in [-0.05, 0) is 33.6 Å². The van der Waals surface area contributed by atoms with Crippen molar-refractivity contribution >= 4 is 13.8 Å². The minimum absolute atomic E-state index is 0.0816. The van der Waals surface area contributed by atoms with Crippen molar-refractivity contribution in [2.45, 2.75) is 52.6 Å². The molecule has 0 aliphatic rings. The van der Waals surface area contributed by atoms with Crippen molar-refractivity contribution in [2.75, 3.05) is 33.5 Å². The third-order valence-corrected chi connectivity index (χ3v) is 3.98. The first kappa shape index (κ1) is 21.5. The zero-order valence-electron chi connectivity index (χ0n) is 14.3. The zero-order chi connectivity index (χ0) is 17.1. The summed E-state index contributed by atoms with van der Waals surface area (Å²) in [5.41, 5.74) is -0.678. The number of carbonyl (C=O) groups excluding carboxylic acids is 1. The van der Waals surface area contributed by atoms with Gasteiger partial charge in [0.05, 0.1) is 32.5 Å². The molecular weight excluding hydrogens is 311 g/mol. The quantitative estimate of drug-likeness (QED) is 0.306. The van der Waals surface area contributed by atoms with Crippen molar-refractivity contribution in [3.63, 3.8) is 0 Å². The van der Waals surface area contributed by atoms with Crippen molar-refractivity contribution in [3.8, 4) is 0 Å². The van der Waals surface area contributed by atoms with E-state index in [1.165, 1.54) is 7.11 Å². The Labute approximate surface area is 133 Å². The number of ether oxygens (including phenoxy) is 2. The van der Waals surface area contributed by atoms with E-state index >= 15 is 0 Å². The highest BCUT2D eigenvalue weighted by atomic mass is 31.2. The van der Waals surface area contributed by atoms with Gasteiger partial charge in [0.15, 0.2) is 0 Å². The number of carbonyl (C=O) groups is 1. The fraction of sp³-hybridized carbons (Fsp3) is 0.929. The topological polar surface area (TPSA) is 80.3 Å². The average Bonchev–Trinajstić information content (AvgIpc) is 2.41. The molecule has 0 aliphatic carbocycles. The second-order valence-corrected chi connectivity index (χ2v) is 7.20. The smallest absolute Gasteiger partial charge is 0.469 e. The van der Waals surface area contributed by atoms with Gasteiger partial charge in [0.1, 0.15) is 0 Å². The van der Waals surface area contributed by atoms with Crippen LogP contribution in [-0.2, 0) is 32.4 Å². The van der Waals surface area contributed by atoms with Crippen LogP contribution in [0.3, 0.4) is 0 Å². The van der Waals surface area contributed by atoms with E-state index in [2.05, 4.69) is 4.74 Å². The third-order valence-electron chi connectivity index (χ3n) is 2.21. The fourth-order valence-electron chi connectivity index (χ4n) is 1.37. The molecule has 0 heterocycles. The zero-order valence-corrected chi connectivity index (χ0v) is 15.1. The fourth-order valence-corrected chi connectivity index (χ4v) is 2.88. The van der Waals surface area contributed by atoms with Gasteiger partial charge in [-0.25, -0.2) is 4.57 Å². The molecule has 0 aromatic heterocycles.